The fraction of sp³-hybridized carbons (Fsp3) is 0.462. The maximum Gasteiger partial charge on any atom is 0.167 e. The Morgan fingerprint density at radius 1 is 1.44 bits per heavy atom. The molecule has 0 aliphatic carbocycles. The topological polar surface area (TPSA) is 56.5 Å². The van der Waals surface area contributed by atoms with E-state index in [-0.39, 0.29) is 6.04 Å². The van der Waals surface area contributed by atoms with Crippen LogP contribution in [0.25, 0.3) is 11.0 Å². The molecule has 18 heavy (non-hydrogen) atoms. The highest BCUT2D eigenvalue weighted by Gasteiger charge is 2.21. The average molecular weight is 248 g/mol. The molecule has 3 rings (SSSR count). The first-order chi connectivity index (χ1) is 8.88. The molecular weight excluding hydrogens is 232 g/mol. The molecule has 0 bridgehead atoms. The van der Waals surface area contributed by atoms with E-state index in [9.17, 15) is 0 Å². The van der Waals surface area contributed by atoms with Crippen molar-refractivity contribution in [3.63, 3.8) is 0 Å². The van der Waals surface area contributed by atoms with Gasteiger partial charge in [0.25, 0.3) is 0 Å². The lowest BCUT2D eigenvalue weighted by Crippen LogP contribution is -2.23. The molecule has 1 aromatic carbocycles. The number of aromatic nitrogens is 1. The third kappa shape index (κ3) is 2.07. The molecule has 2 heterocycles. The lowest BCUT2D eigenvalue weighted by atomic mass is 10.1. The monoisotopic (exact) mass is 248 g/mol. The highest BCUT2D eigenvalue weighted by atomic mass is 16.5. The van der Waals surface area contributed by atoms with Crippen LogP contribution in [0.5, 0.6) is 5.75 Å². The molecule has 1 aliphatic rings. The first kappa shape index (κ1) is 11.5. The van der Waals surface area contributed by atoms with Crippen LogP contribution in [0.1, 0.15) is 18.2 Å². The van der Waals surface area contributed by atoms with Gasteiger partial charge in [-0.1, -0.05) is 5.16 Å². The summed E-state index contributed by atoms with van der Waals surface area (Å²) in [6.07, 6.45) is 1.02. The second-order valence-corrected chi connectivity index (χ2v) is 4.37. The third-order valence-electron chi connectivity index (χ3n) is 3.18. The third-order valence-corrected chi connectivity index (χ3v) is 3.18. The SMILES string of the molecule is COc1ccc2onc(C3COCCCN3)c2c1. The highest BCUT2D eigenvalue weighted by molar-refractivity contribution is 5.81. The number of nitrogens with zero attached hydrogens (tertiary/aromatic N) is 1. The van der Waals surface area contributed by atoms with Gasteiger partial charge in [-0.05, 0) is 31.2 Å². The summed E-state index contributed by atoms with van der Waals surface area (Å²) in [5.41, 5.74) is 1.67. The van der Waals surface area contributed by atoms with Gasteiger partial charge in [-0.3, -0.25) is 0 Å². The Labute approximate surface area is 105 Å². The van der Waals surface area contributed by atoms with Gasteiger partial charge in [0.1, 0.15) is 11.4 Å². The lowest BCUT2D eigenvalue weighted by Gasteiger charge is -2.12. The van der Waals surface area contributed by atoms with Crippen molar-refractivity contribution in [2.45, 2.75) is 12.5 Å². The van der Waals surface area contributed by atoms with Crippen LogP contribution in [-0.2, 0) is 4.74 Å². The minimum atomic E-state index is 0.0841. The molecule has 1 aromatic heterocycles. The van der Waals surface area contributed by atoms with Gasteiger partial charge in [-0.15, -0.1) is 0 Å². The zero-order valence-corrected chi connectivity index (χ0v) is 10.3. The molecule has 1 saturated heterocycles. The molecule has 5 heteroatoms. The van der Waals surface area contributed by atoms with E-state index in [1.807, 2.05) is 18.2 Å². The Kier molecular flexibility index (Phi) is 3.17. The van der Waals surface area contributed by atoms with Gasteiger partial charge in [0.05, 0.1) is 25.1 Å². The predicted octanol–water partition coefficient (Wildman–Crippen LogP) is 1.89. The summed E-state index contributed by atoms with van der Waals surface area (Å²) in [4.78, 5) is 0. The molecule has 1 unspecified atom stereocenters. The average Bonchev–Trinajstić information content (AvgIpc) is 2.64. The largest absolute Gasteiger partial charge is 0.497 e. The Bertz CT molecular complexity index is 530. The van der Waals surface area contributed by atoms with Crippen molar-refractivity contribution in [3.8, 4) is 5.75 Å². The Morgan fingerprint density at radius 2 is 2.39 bits per heavy atom. The normalized spacial score (nSPS) is 20.8. The van der Waals surface area contributed by atoms with Crippen LogP contribution in [0.4, 0.5) is 0 Å². The maximum absolute atomic E-state index is 5.56. The summed E-state index contributed by atoms with van der Waals surface area (Å²) < 4.78 is 16.1. The second kappa shape index (κ2) is 4.96. The molecule has 96 valence electrons. The summed E-state index contributed by atoms with van der Waals surface area (Å²) in [6, 6.07) is 5.78. The van der Waals surface area contributed by atoms with Gasteiger partial charge in [0, 0.05) is 6.61 Å². The van der Waals surface area contributed by atoms with Crippen molar-refractivity contribution in [2.24, 2.45) is 0 Å². The smallest absolute Gasteiger partial charge is 0.167 e. The van der Waals surface area contributed by atoms with E-state index in [2.05, 4.69) is 10.5 Å². The first-order valence-corrected chi connectivity index (χ1v) is 6.13. The van der Waals surface area contributed by atoms with Crippen LogP contribution in [0.2, 0.25) is 0 Å². The van der Waals surface area contributed by atoms with E-state index in [4.69, 9.17) is 14.0 Å². The van der Waals surface area contributed by atoms with Crippen molar-refractivity contribution in [1.29, 1.82) is 0 Å². The fourth-order valence-electron chi connectivity index (χ4n) is 2.20. The molecule has 1 atom stereocenters. The number of fused-ring (bicyclic) bond motifs is 1. The van der Waals surface area contributed by atoms with Crippen molar-refractivity contribution in [2.75, 3.05) is 26.9 Å². The summed E-state index contributed by atoms with van der Waals surface area (Å²) in [5, 5.41) is 8.57. The van der Waals surface area contributed by atoms with Crippen molar-refractivity contribution >= 4 is 11.0 Å². The molecule has 1 aliphatic heterocycles. The zero-order chi connectivity index (χ0) is 12.4. The summed E-state index contributed by atoms with van der Waals surface area (Å²) in [7, 11) is 1.65. The quantitative estimate of drug-likeness (QED) is 0.879. The molecule has 0 amide bonds. The van der Waals surface area contributed by atoms with E-state index in [1.54, 1.807) is 7.11 Å². The van der Waals surface area contributed by atoms with Gasteiger partial charge in [-0.2, -0.15) is 0 Å². The van der Waals surface area contributed by atoms with E-state index in [0.29, 0.717) is 6.61 Å². The number of benzene rings is 1. The summed E-state index contributed by atoms with van der Waals surface area (Å²) in [5.74, 6) is 0.807. The van der Waals surface area contributed by atoms with Crippen molar-refractivity contribution in [1.82, 2.24) is 10.5 Å². The van der Waals surface area contributed by atoms with E-state index < -0.39 is 0 Å². The van der Waals surface area contributed by atoms with Crippen molar-refractivity contribution < 1.29 is 14.0 Å². The number of hydrogen-bond acceptors (Lipinski definition) is 5. The molecule has 1 fully saturated rings. The van der Waals surface area contributed by atoms with Crippen LogP contribution in [0.15, 0.2) is 22.7 Å². The minimum Gasteiger partial charge on any atom is -0.497 e. The van der Waals surface area contributed by atoms with E-state index in [1.165, 1.54) is 0 Å². The molecule has 2 aromatic rings. The van der Waals surface area contributed by atoms with Crippen LogP contribution in [0, 0.1) is 0 Å². The van der Waals surface area contributed by atoms with Gasteiger partial charge in [0.2, 0.25) is 0 Å². The number of rotatable bonds is 2. The molecule has 1 N–H and O–H groups in total. The highest BCUT2D eigenvalue weighted by Crippen LogP contribution is 2.28. The Balaban J connectivity index is 1.99. The Hall–Kier alpha value is -1.59. The molecular formula is C13H16N2O3. The van der Waals surface area contributed by atoms with Crippen LogP contribution in [-0.4, -0.2) is 32.0 Å². The molecule has 0 saturated carbocycles. The van der Waals surface area contributed by atoms with Gasteiger partial charge >= 0.3 is 0 Å². The molecule has 5 nitrogen and oxygen atoms in total. The number of nitrogens with one attached hydrogen (secondary N) is 1. The lowest BCUT2D eigenvalue weighted by molar-refractivity contribution is 0.130. The van der Waals surface area contributed by atoms with E-state index >= 15 is 0 Å². The van der Waals surface area contributed by atoms with E-state index in [0.717, 1.165) is 42.0 Å². The molecule has 0 spiro atoms. The molecule has 0 radical (unpaired) electrons. The van der Waals surface area contributed by atoms with Crippen LogP contribution >= 0.6 is 0 Å². The standard InChI is InChI=1S/C13H16N2O3/c1-16-9-3-4-12-10(7-9)13(15-18-12)11-8-17-6-2-5-14-11/h3-4,7,11,14H,2,5-6,8H2,1H3. The van der Waals surface area contributed by atoms with Crippen molar-refractivity contribution in [3.05, 3.63) is 23.9 Å². The Morgan fingerprint density at radius 3 is 3.28 bits per heavy atom. The summed E-state index contributed by atoms with van der Waals surface area (Å²) >= 11 is 0. The van der Waals surface area contributed by atoms with Gasteiger partial charge in [-0.25, -0.2) is 0 Å². The fourth-order valence-corrected chi connectivity index (χ4v) is 2.20. The summed E-state index contributed by atoms with van der Waals surface area (Å²) in [6.45, 7) is 2.35. The number of ether oxygens (including phenoxy) is 2. The maximum atomic E-state index is 5.56. The van der Waals surface area contributed by atoms with Crippen LogP contribution < -0.4 is 10.1 Å². The predicted molar refractivity (Wildman–Crippen MR) is 66.7 cm³/mol. The second-order valence-electron chi connectivity index (χ2n) is 4.37. The minimum absolute atomic E-state index is 0.0841. The first-order valence-electron chi connectivity index (χ1n) is 6.13. The van der Waals surface area contributed by atoms with Gasteiger partial charge in [0.15, 0.2) is 5.58 Å². The number of methoxy groups -OCH3 is 1. The zero-order valence-electron chi connectivity index (χ0n) is 10.3. The number of hydrogen-bond donors (Lipinski definition) is 1. The van der Waals surface area contributed by atoms with Crippen LogP contribution in [0.3, 0.4) is 0 Å². The van der Waals surface area contributed by atoms with Gasteiger partial charge < -0.3 is 19.3 Å².